The zero-order chi connectivity index (χ0) is 23.5. The van der Waals surface area contributed by atoms with Crippen LogP contribution in [0.5, 0.6) is 11.5 Å². The molecule has 0 radical (unpaired) electrons. The fourth-order valence-corrected chi connectivity index (χ4v) is 3.39. The van der Waals surface area contributed by atoms with Crippen LogP contribution in [-0.2, 0) is 0 Å². The second-order valence-corrected chi connectivity index (χ2v) is 7.60. The highest BCUT2D eigenvalue weighted by Gasteiger charge is 2.15. The van der Waals surface area contributed by atoms with E-state index in [0.29, 0.717) is 30.9 Å². The first-order chi connectivity index (χ1) is 16.1. The molecule has 1 amide bonds. The second-order valence-electron chi connectivity index (χ2n) is 7.60. The van der Waals surface area contributed by atoms with Crippen molar-refractivity contribution < 1.29 is 14.3 Å². The molecule has 0 atom stereocenters. The molecule has 0 aliphatic rings. The Balaban J connectivity index is 1.35. The summed E-state index contributed by atoms with van der Waals surface area (Å²) in [5.74, 6) is 1.57. The number of benzene rings is 3. The Morgan fingerprint density at radius 1 is 0.788 bits per heavy atom. The van der Waals surface area contributed by atoms with E-state index in [9.17, 15) is 4.79 Å². The van der Waals surface area contributed by atoms with Crippen LogP contribution in [0, 0.1) is 5.41 Å². The van der Waals surface area contributed by atoms with Crippen molar-refractivity contribution in [2.24, 2.45) is 5.73 Å². The smallest absolute Gasteiger partial charge is 0.258 e. The van der Waals surface area contributed by atoms with E-state index in [4.69, 9.17) is 20.6 Å². The molecule has 33 heavy (non-hydrogen) atoms. The molecule has 172 valence electrons. The molecule has 0 saturated carbocycles. The molecule has 0 fully saturated rings. The van der Waals surface area contributed by atoms with Crippen molar-refractivity contribution >= 4 is 17.4 Å². The summed E-state index contributed by atoms with van der Waals surface area (Å²) in [6.07, 6.45) is 2.84. The van der Waals surface area contributed by atoms with E-state index in [1.54, 1.807) is 17.0 Å². The van der Waals surface area contributed by atoms with Gasteiger partial charge in [-0.25, -0.2) is 0 Å². The van der Waals surface area contributed by atoms with Crippen LogP contribution in [0.2, 0.25) is 0 Å². The topological polar surface area (TPSA) is 88.6 Å². The fourth-order valence-electron chi connectivity index (χ4n) is 3.39. The van der Waals surface area contributed by atoms with Crippen molar-refractivity contribution in [1.82, 2.24) is 0 Å². The summed E-state index contributed by atoms with van der Waals surface area (Å²) in [7, 11) is 0. The van der Waals surface area contributed by atoms with E-state index >= 15 is 0 Å². The Morgan fingerprint density at radius 2 is 1.30 bits per heavy atom. The minimum absolute atomic E-state index is 0.0221. The molecule has 6 heteroatoms. The Kier molecular flexibility index (Phi) is 8.88. The molecular formula is C27H31N3O3. The number of nitrogens with zero attached hydrogens (tertiary/aromatic N) is 1. The van der Waals surface area contributed by atoms with Crippen LogP contribution in [-0.4, -0.2) is 31.5 Å². The highest BCUT2D eigenvalue weighted by Crippen LogP contribution is 2.19. The highest BCUT2D eigenvalue weighted by molar-refractivity contribution is 6.06. The number of nitrogens with one attached hydrogen (secondary N) is 1. The maximum atomic E-state index is 12.9. The molecule has 0 spiro atoms. The van der Waals surface area contributed by atoms with Gasteiger partial charge in [-0.3, -0.25) is 10.2 Å². The summed E-state index contributed by atoms with van der Waals surface area (Å²) in [5.41, 5.74) is 7.67. The van der Waals surface area contributed by atoms with Gasteiger partial charge < -0.3 is 20.1 Å². The van der Waals surface area contributed by atoms with Crippen molar-refractivity contribution in [2.45, 2.75) is 26.2 Å². The van der Waals surface area contributed by atoms with E-state index in [2.05, 4.69) is 0 Å². The van der Waals surface area contributed by atoms with Gasteiger partial charge in [0.25, 0.3) is 5.91 Å². The van der Waals surface area contributed by atoms with E-state index in [1.165, 1.54) is 0 Å². The fraction of sp³-hybridized carbons (Fsp3) is 0.259. The molecule has 3 N–H and O–H groups in total. The number of ether oxygens (including phenoxy) is 2. The van der Waals surface area contributed by atoms with Gasteiger partial charge in [-0.1, -0.05) is 18.2 Å². The molecular weight excluding hydrogens is 414 g/mol. The maximum absolute atomic E-state index is 12.9. The summed E-state index contributed by atoms with van der Waals surface area (Å²) >= 11 is 0. The monoisotopic (exact) mass is 445 g/mol. The molecule has 3 rings (SSSR count). The molecule has 0 aliphatic heterocycles. The van der Waals surface area contributed by atoms with E-state index in [1.807, 2.05) is 73.7 Å². The summed E-state index contributed by atoms with van der Waals surface area (Å²) in [4.78, 5) is 14.6. The first-order valence-corrected chi connectivity index (χ1v) is 11.3. The number of amidine groups is 1. The van der Waals surface area contributed by atoms with E-state index in [0.717, 1.165) is 36.4 Å². The predicted octanol–water partition coefficient (Wildman–Crippen LogP) is 5.27. The quantitative estimate of drug-likeness (QED) is 0.226. The number of anilines is 1. The summed E-state index contributed by atoms with van der Waals surface area (Å²) < 4.78 is 11.5. The Labute approximate surface area is 195 Å². The van der Waals surface area contributed by atoms with Crippen molar-refractivity contribution in [3.63, 3.8) is 0 Å². The Bertz CT molecular complexity index is 1020. The zero-order valence-electron chi connectivity index (χ0n) is 19.0. The Morgan fingerprint density at radius 3 is 1.79 bits per heavy atom. The highest BCUT2D eigenvalue weighted by atomic mass is 16.5. The number of amides is 1. The standard InChI is InChI=1S/C27H31N3O3/c1-2-30(23-9-5-3-6-10-23)27(31)22-13-17-25(18-14-22)33-20-8-4-7-19-32-24-15-11-21(12-16-24)26(28)29/h3,5-6,9-18H,2,4,7-8,19-20H2,1H3,(H3,28,29). The number of unbranched alkanes of at least 4 members (excludes halogenated alkanes) is 2. The number of nitrogens with two attached hydrogens (primary N) is 1. The lowest BCUT2D eigenvalue weighted by atomic mass is 10.1. The molecule has 0 aliphatic carbocycles. The van der Waals surface area contributed by atoms with Crippen molar-refractivity contribution in [1.29, 1.82) is 5.41 Å². The Hall–Kier alpha value is -3.80. The number of carbonyl (C=O) groups is 1. The molecule has 6 nitrogen and oxygen atoms in total. The third-order valence-electron chi connectivity index (χ3n) is 5.22. The summed E-state index contributed by atoms with van der Waals surface area (Å²) in [5, 5.41) is 7.40. The van der Waals surface area contributed by atoms with Crippen LogP contribution in [0.3, 0.4) is 0 Å². The maximum Gasteiger partial charge on any atom is 0.258 e. The first-order valence-electron chi connectivity index (χ1n) is 11.3. The molecule has 0 heterocycles. The third-order valence-corrected chi connectivity index (χ3v) is 5.22. The lowest BCUT2D eigenvalue weighted by molar-refractivity contribution is 0.0988. The predicted molar refractivity (Wildman–Crippen MR) is 133 cm³/mol. The zero-order valence-corrected chi connectivity index (χ0v) is 19.0. The second kappa shape index (κ2) is 12.3. The SMILES string of the molecule is CCN(C(=O)c1ccc(OCCCCCOc2ccc(C(=N)N)cc2)cc1)c1ccccc1. The average molecular weight is 446 g/mol. The van der Waals surface area contributed by atoms with Gasteiger partial charge in [0.15, 0.2) is 0 Å². The van der Waals surface area contributed by atoms with Gasteiger partial charge in [-0.2, -0.15) is 0 Å². The minimum atomic E-state index is -0.0221. The molecule has 0 aromatic heterocycles. The minimum Gasteiger partial charge on any atom is -0.494 e. The number of hydrogen-bond acceptors (Lipinski definition) is 4. The lowest BCUT2D eigenvalue weighted by Crippen LogP contribution is -2.30. The van der Waals surface area contributed by atoms with Gasteiger partial charge in [-0.15, -0.1) is 0 Å². The van der Waals surface area contributed by atoms with Gasteiger partial charge in [0.2, 0.25) is 0 Å². The van der Waals surface area contributed by atoms with Crippen LogP contribution >= 0.6 is 0 Å². The largest absolute Gasteiger partial charge is 0.494 e. The third kappa shape index (κ3) is 7.10. The van der Waals surface area contributed by atoms with Crippen molar-refractivity contribution in [2.75, 3.05) is 24.7 Å². The molecule has 0 saturated heterocycles. The lowest BCUT2D eigenvalue weighted by Gasteiger charge is -2.21. The van der Waals surface area contributed by atoms with Crippen LogP contribution < -0.4 is 20.1 Å². The van der Waals surface area contributed by atoms with Crippen LogP contribution in [0.15, 0.2) is 78.9 Å². The van der Waals surface area contributed by atoms with Gasteiger partial charge in [0.1, 0.15) is 17.3 Å². The number of carbonyl (C=O) groups excluding carboxylic acids is 1. The van der Waals surface area contributed by atoms with E-state index < -0.39 is 0 Å². The van der Waals surface area contributed by atoms with Gasteiger partial charge >= 0.3 is 0 Å². The van der Waals surface area contributed by atoms with Crippen molar-refractivity contribution in [3.05, 3.63) is 90.0 Å². The molecule has 3 aromatic carbocycles. The van der Waals surface area contributed by atoms with Gasteiger partial charge in [0, 0.05) is 23.4 Å². The molecule has 0 bridgehead atoms. The van der Waals surface area contributed by atoms with E-state index in [-0.39, 0.29) is 11.7 Å². The van der Waals surface area contributed by atoms with Gasteiger partial charge in [-0.05, 0) is 86.8 Å². The van der Waals surface area contributed by atoms with Crippen LogP contribution in [0.4, 0.5) is 5.69 Å². The molecule has 3 aromatic rings. The van der Waals surface area contributed by atoms with Crippen molar-refractivity contribution in [3.8, 4) is 11.5 Å². The van der Waals surface area contributed by atoms with Gasteiger partial charge in [0.05, 0.1) is 13.2 Å². The molecule has 0 unspecified atom stereocenters. The number of hydrogen-bond donors (Lipinski definition) is 2. The first kappa shape index (κ1) is 23.9. The normalized spacial score (nSPS) is 10.5. The number of nitrogen functional groups attached to an aromatic ring is 1. The average Bonchev–Trinajstić information content (AvgIpc) is 2.85. The number of para-hydroxylation sites is 1. The van der Waals surface area contributed by atoms with Crippen LogP contribution in [0.25, 0.3) is 0 Å². The summed E-state index contributed by atoms with van der Waals surface area (Å²) in [6.45, 7) is 3.82. The summed E-state index contributed by atoms with van der Waals surface area (Å²) in [6, 6.07) is 24.2. The van der Waals surface area contributed by atoms with Crippen LogP contribution in [0.1, 0.15) is 42.1 Å². The number of rotatable bonds is 12.